The van der Waals surface area contributed by atoms with Gasteiger partial charge in [-0.25, -0.2) is 4.79 Å². The minimum atomic E-state index is -0.721. The summed E-state index contributed by atoms with van der Waals surface area (Å²) in [6, 6.07) is 21.6. The molecule has 33 heavy (non-hydrogen) atoms. The molecule has 2 aromatic rings. The molecule has 6 nitrogen and oxygen atoms in total. The number of likely N-dealkylation sites (tertiary alicyclic amines) is 1. The average Bonchev–Trinajstić information content (AvgIpc) is 2.86. The Morgan fingerprint density at radius 1 is 1.06 bits per heavy atom. The minimum absolute atomic E-state index is 0.0173. The van der Waals surface area contributed by atoms with Gasteiger partial charge in [0.05, 0.1) is 12.7 Å². The van der Waals surface area contributed by atoms with Crippen LogP contribution in [-0.2, 0) is 27.5 Å². The second-order valence-electron chi connectivity index (χ2n) is 8.94. The third-order valence-electron chi connectivity index (χ3n) is 7.03. The van der Waals surface area contributed by atoms with Crippen molar-refractivity contribution in [2.45, 2.75) is 51.4 Å². The third kappa shape index (κ3) is 5.09. The summed E-state index contributed by atoms with van der Waals surface area (Å²) in [5.74, 6) is -0.738. The van der Waals surface area contributed by atoms with E-state index in [1.165, 1.54) is 0 Å². The highest BCUT2D eigenvalue weighted by molar-refractivity contribution is 5.85. The molecule has 0 bridgehead atoms. The quantitative estimate of drug-likeness (QED) is 0.566. The van der Waals surface area contributed by atoms with E-state index in [-0.39, 0.29) is 24.5 Å². The molecule has 0 N–H and O–H groups in total. The molecule has 0 spiro atoms. The summed E-state index contributed by atoms with van der Waals surface area (Å²) in [5, 5.41) is 9.93. The molecule has 1 saturated heterocycles. The number of benzene rings is 2. The fourth-order valence-electron chi connectivity index (χ4n) is 5.42. The number of piperidine rings is 1. The Kier molecular flexibility index (Phi) is 7.41. The number of carbonyl (C=O) groups is 2. The molecule has 3 atom stereocenters. The van der Waals surface area contributed by atoms with Gasteiger partial charge in [0.25, 0.3) is 0 Å². The van der Waals surface area contributed by atoms with Crippen molar-refractivity contribution in [2.75, 3.05) is 13.2 Å². The minimum Gasteiger partial charge on any atom is -0.445 e. The summed E-state index contributed by atoms with van der Waals surface area (Å²) in [4.78, 5) is 27.6. The van der Waals surface area contributed by atoms with Crippen molar-refractivity contribution < 1.29 is 19.1 Å². The van der Waals surface area contributed by atoms with Crippen LogP contribution in [0.15, 0.2) is 60.7 Å². The molecular weight excluding hydrogens is 416 g/mol. The Bertz CT molecular complexity index is 988. The van der Waals surface area contributed by atoms with Crippen molar-refractivity contribution in [3.63, 3.8) is 0 Å². The number of fused-ring (bicyclic) bond motifs is 1. The smallest absolute Gasteiger partial charge is 0.410 e. The highest BCUT2D eigenvalue weighted by Crippen LogP contribution is 2.50. The van der Waals surface area contributed by atoms with Crippen molar-refractivity contribution in [2.24, 2.45) is 11.3 Å². The van der Waals surface area contributed by atoms with Crippen molar-refractivity contribution in [3.05, 3.63) is 71.8 Å². The molecule has 1 amide bonds. The van der Waals surface area contributed by atoms with E-state index >= 15 is 0 Å². The zero-order valence-electron chi connectivity index (χ0n) is 18.8. The van der Waals surface area contributed by atoms with Crippen molar-refractivity contribution in [1.29, 1.82) is 5.26 Å². The van der Waals surface area contributed by atoms with Gasteiger partial charge < -0.3 is 14.4 Å². The second-order valence-corrected chi connectivity index (χ2v) is 8.94. The molecule has 1 unspecified atom stereocenters. The van der Waals surface area contributed by atoms with E-state index in [1.54, 1.807) is 4.90 Å². The first-order chi connectivity index (χ1) is 16.1. The number of hydrogen-bond donors (Lipinski definition) is 0. The van der Waals surface area contributed by atoms with Crippen molar-refractivity contribution in [3.8, 4) is 6.07 Å². The third-order valence-corrected chi connectivity index (χ3v) is 7.03. The number of ether oxygens (including phenoxy) is 2. The number of nitrogens with zero attached hydrogens (tertiary/aromatic N) is 2. The lowest BCUT2D eigenvalue weighted by Crippen LogP contribution is -2.61. The summed E-state index contributed by atoms with van der Waals surface area (Å²) in [7, 11) is 0. The van der Waals surface area contributed by atoms with Gasteiger partial charge >= 0.3 is 6.09 Å². The van der Waals surface area contributed by atoms with Crippen LogP contribution in [0.5, 0.6) is 0 Å². The Hall–Kier alpha value is -3.17. The fourth-order valence-corrected chi connectivity index (χ4v) is 5.42. The highest BCUT2D eigenvalue weighted by atomic mass is 16.6. The zero-order valence-corrected chi connectivity index (χ0v) is 18.8. The van der Waals surface area contributed by atoms with Crippen LogP contribution < -0.4 is 0 Å². The lowest BCUT2D eigenvalue weighted by atomic mass is 9.57. The van der Waals surface area contributed by atoms with Crippen LogP contribution in [0.1, 0.15) is 43.2 Å². The monoisotopic (exact) mass is 446 g/mol. The van der Waals surface area contributed by atoms with Gasteiger partial charge in [-0.1, -0.05) is 60.7 Å². The summed E-state index contributed by atoms with van der Waals surface area (Å²) < 4.78 is 11.6. The van der Waals surface area contributed by atoms with Crippen LogP contribution in [0.4, 0.5) is 4.79 Å². The van der Waals surface area contributed by atoms with E-state index in [0.29, 0.717) is 39.0 Å². The molecule has 1 saturated carbocycles. The largest absolute Gasteiger partial charge is 0.445 e. The maximum atomic E-state index is 13.1. The van der Waals surface area contributed by atoms with E-state index in [2.05, 4.69) is 6.07 Å². The van der Waals surface area contributed by atoms with Crippen LogP contribution in [0.25, 0.3) is 0 Å². The van der Waals surface area contributed by atoms with Crippen LogP contribution >= 0.6 is 0 Å². The van der Waals surface area contributed by atoms with Gasteiger partial charge in [-0.2, -0.15) is 5.26 Å². The van der Waals surface area contributed by atoms with E-state index in [9.17, 15) is 14.9 Å². The van der Waals surface area contributed by atoms with Gasteiger partial charge in [0.1, 0.15) is 12.5 Å². The fraction of sp³-hybridized carbons (Fsp3) is 0.444. The number of carbonyl (C=O) groups excluding carboxylic acids is 2. The molecule has 4 rings (SSSR count). The molecule has 0 aromatic heterocycles. The first-order valence-electron chi connectivity index (χ1n) is 11.7. The second kappa shape index (κ2) is 10.6. The standard InChI is InChI=1S/C27H30N2O4/c28-18-23-24(30)12-13-25-27(23,15-17-32-19-21-8-3-1-4-9-21)14-7-16-29(25)26(31)33-20-22-10-5-2-6-11-22/h1-6,8-11,23,25H,7,12-17,19-20H2/t23-,25?,27-/m1/s1. The maximum Gasteiger partial charge on any atom is 0.410 e. The number of nitriles is 1. The predicted octanol–water partition coefficient (Wildman–Crippen LogP) is 4.88. The van der Waals surface area contributed by atoms with E-state index < -0.39 is 11.3 Å². The lowest BCUT2D eigenvalue weighted by Gasteiger charge is -2.53. The Balaban J connectivity index is 1.46. The molecule has 1 aliphatic carbocycles. The Labute approximate surface area is 195 Å². The number of ketones is 1. The van der Waals surface area contributed by atoms with Gasteiger partial charge in [-0.15, -0.1) is 0 Å². The summed E-state index contributed by atoms with van der Waals surface area (Å²) in [6.45, 7) is 1.70. The summed E-state index contributed by atoms with van der Waals surface area (Å²) in [5.41, 5.74) is 1.42. The molecule has 2 aliphatic rings. The average molecular weight is 447 g/mol. The first-order valence-corrected chi connectivity index (χ1v) is 11.7. The number of rotatable bonds is 7. The van der Waals surface area contributed by atoms with E-state index in [1.807, 2.05) is 60.7 Å². The molecule has 0 radical (unpaired) electrons. The molecule has 6 heteroatoms. The first kappa shape index (κ1) is 23.0. The topological polar surface area (TPSA) is 79.6 Å². The van der Waals surface area contributed by atoms with Crippen molar-refractivity contribution in [1.82, 2.24) is 4.90 Å². The highest BCUT2D eigenvalue weighted by Gasteiger charge is 2.56. The molecule has 2 aromatic carbocycles. The van der Waals surface area contributed by atoms with Crippen LogP contribution in [-0.4, -0.2) is 36.0 Å². The summed E-state index contributed by atoms with van der Waals surface area (Å²) >= 11 is 0. The normalized spacial score (nSPS) is 24.6. The van der Waals surface area contributed by atoms with Gasteiger partial charge in [-0.05, 0) is 36.8 Å². The number of hydrogen-bond acceptors (Lipinski definition) is 5. The SMILES string of the molecule is N#C[C@@H]1C(=O)CCC2N(C(=O)OCc3ccccc3)CCC[C@]21CCOCc1ccccc1. The van der Waals surface area contributed by atoms with Crippen LogP contribution in [0, 0.1) is 22.7 Å². The molecular formula is C27H30N2O4. The predicted molar refractivity (Wildman–Crippen MR) is 123 cm³/mol. The van der Waals surface area contributed by atoms with Gasteiger partial charge in [0, 0.05) is 31.0 Å². The zero-order chi connectivity index (χ0) is 23.1. The summed E-state index contributed by atoms with van der Waals surface area (Å²) in [6.07, 6.45) is 2.55. The lowest BCUT2D eigenvalue weighted by molar-refractivity contribution is -0.136. The van der Waals surface area contributed by atoms with Gasteiger partial charge in [-0.3, -0.25) is 4.79 Å². The molecule has 1 aliphatic heterocycles. The number of amides is 1. The van der Waals surface area contributed by atoms with Crippen LogP contribution in [0.2, 0.25) is 0 Å². The van der Waals surface area contributed by atoms with E-state index in [4.69, 9.17) is 9.47 Å². The van der Waals surface area contributed by atoms with Gasteiger partial charge in [0.2, 0.25) is 0 Å². The van der Waals surface area contributed by atoms with Crippen molar-refractivity contribution >= 4 is 11.9 Å². The van der Waals surface area contributed by atoms with Crippen LogP contribution in [0.3, 0.4) is 0 Å². The Morgan fingerprint density at radius 3 is 2.39 bits per heavy atom. The Morgan fingerprint density at radius 2 is 1.73 bits per heavy atom. The molecule has 1 heterocycles. The maximum absolute atomic E-state index is 13.1. The van der Waals surface area contributed by atoms with Gasteiger partial charge in [0.15, 0.2) is 5.78 Å². The molecule has 172 valence electrons. The molecule has 2 fully saturated rings. The number of Topliss-reactive ketones (excluding diaryl/α,β-unsaturated/α-hetero) is 1. The van der Waals surface area contributed by atoms with E-state index in [0.717, 1.165) is 24.0 Å².